The Labute approximate surface area is 128 Å². The first-order valence-corrected chi connectivity index (χ1v) is 6.74. The molecule has 20 heavy (non-hydrogen) atoms. The molecular formula is C15H14ClNO2S. The standard InChI is InChI=1S/C15H14ClNO2S/c1-18-12-4-2-3-10(7-12)9-19-14-6-5-11(16)8-13(14)15(17)20/h2-8H,9H2,1H3,(H2,17,20). The molecule has 2 N–H and O–H groups in total. The second kappa shape index (κ2) is 6.59. The summed E-state index contributed by atoms with van der Waals surface area (Å²) >= 11 is 10.9. The normalized spacial score (nSPS) is 10.1. The van der Waals surface area contributed by atoms with Gasteiger partial charge in [-0.1, -0.05) is 36.0 Å². The van der Waals surface area contributed by atoms with Crippen LogP contribution in [0.25, 0.3) is 0 Å². The van der Waals surface area contributed by atoms with Gasteiger partial charge < -0.3 is 15.2 Å². The lowest BCUT2D eigenvalue weighted by Crippen LogP contribution is -2.11. The average Bonchev–Trinajstić information content (AvgIpc) is 2.46. The van der Waals surface area contributed by atoms with E-state index in [1.807, 2.05) is 24.3 Å². The molecule has 3 nitrogen and oxygen atoms in total. The van der Waals surface area contributed by atoms with Gasteiger partial charge in [0, 0.05) is 5.02 Å². The second-order valence-corrected chi connectivity index (χ2v) is 5.02. The van der Waals surface area contributed by atoms with E-state index in [0.717, 1.165) is 11.3 Å². The Hall–Kier alpha value is -1.78. The van der Waals surface area contributed by atoms with Crippen LogP contribution in [-0.4, -0.2) is 12.1 Å². The van der Waals surface area contributed by atoms with E-state index in [0.29, 0.717) is 22.9 Å². The number of hydrogen-bond donors (Lipinski definition) is 1. The topological polar surface area (TPSA) is 44.5 Å². The molecule has 0 aliphatic heterocycles. The van der Waals surface area contributed by atoms with Gasteiger partial charge in [0.25, 0.3) is 0 Å². The Morgan fingerprint density at radius 2 is 2.05 bits per heavy atom. The van der Waals surface area contributed by atoms with Crippen molar-refractivity contribution in [1.29, 1.82) is 0 Å². The zero-order valence-electron chi connectivity index (χ0n) is 10.9. The molecule has 0 heterocycles. The van der Waals surface area contributed by atoms with E-state index in [2.05, 4.69) is 0 Å². The molecular weight excluding hydrogens is 294 g/mol. The van der Waals surface area contributed by atoms with E-state index in [4.69, 9.17) is 39.0 Å². The highest BCUT2D eigenvalue weighted by Crippen LogP contribution is 2.24. The molecule has 5 heteroatoms. The van der Waals surface area contributed by atoms with Crippen molar-refractivity contribution in [3.05, 3.63) is 58.6 Å². The number of benzene rings is 2. The highest BCUT2D eigenvalue weighted by Gasteiger charge is 2.08. The summed E-state index contributed by atoms with van der Waals surface area (Å²) in [5, 5.41) is 0.571. The van der Waals surface area contributed by atoms with E-state index in [1.54, 1.807) is 25.3 Å². The van der Waals surface area contributed by atoms with Crippen LogP contribution in [0.3, 0.4) is 0 Å². The average molecular weight is 308 g/mol. The van der Waals surface area contributed by atoms with Crippen molar-refractivity contribution in [2.24, 2.45) is 5.73 Å². The number of halogens is 1. The van der Waals surface area contributed by atoms with Crippen LogP contribution < -0.4 is 15.2 Å². The Kier molecular flexibility index (Phi) is 4.82. The molecule has 0 spiro atoms. The van der Waals surface area contributed by atoms with Crippen LogP contribution in [0, 0.1) is 0 Å². The van der Waals surface area contributed by atoms with Crippen LogP contribution in [0.15, 0.2) is 42.5 Å². The fourth-order valence-corrected chi connectivity index (χ4v) is 2.08. The molecule has 0 saturated heterocycles. The Bertz CT molecular complexity index is 631. The summed E-state index contributed by atoms with van der Waals surface area (Å²) in [4.78, 5) is 0.258. The van der Waals surface area contributed by atoms with Crippen molar-refractivity contribution in [2.75, 3.05) is 7.11 Å². The third kappa shape index (κ3) is 3.62. The predicted molar refractivity (Wildman–Crippen MR) is 84.7 cm³/mol. The maximum atomic E-state index is 5.93. The van der Waals surface area contributed by atoms with Crippen molar-refractivity contribution in [3.8, 4) is 11.5 Å². The summed E-state index contributed by atoms with van der Waals surface area (Å²) in [6.07, 6.45) is 0. The van der Waals surface area contributed by atoms with Crippen LogP contribution in [0.2, 0.25) is 5.02 Å². The summed E-state index contributed by atoms with van der Waals surface area (Å²) in [5.41, 5.74) is 7.30. The number of ether oxygens (including phenoxy) is 2. The van der Waals surface area contributed by atoms with Crippen molar-refractivity contribution >= 4 is 28.8 Å². The van der Waals surface area contributed by atoms with E-state index >= 15 is 0 Å². The smallest absolute Gasteiger partial charge is 0.130 e. The molecule has 0 saturated carbocycles. The van der Waals surface area contributed by atoms with Crippen LogP contribution in [0.4, 0.5) is 0 Å². The third-order valence-electron chi connectivity index (χ3n) is 2.74. The SMILES string of the molecule is COc1cccc(COc2ccc(Cl)cc2C(N)=S)c1. The predicted octanol–water partition coefficient (Wildman–Crippen LogP) is 3.56. The zero-order chi connectivity index (χ0) is 14.5. The first-order chi connectivity index (χ1) is 9.60. The molecule has 2 aromatic rings. The van der Waals surface area contributed by atoms with Crippen molar-refractivity contribution in [2.45, 2.75) is 6.61 Å². The molecule has 0 fully saturated rings. The second-order valence-electron chi connectivity index (χ2n) is 4.14. The van der Waals surface area contributed by atoms with Gasteiger partial charge in [-0.25, -0.2) is 0 Å². The number of thiocarbonyl (C=S) groups is 1. The first-order valence-electron chi connectivity index (χ1n) is 5.95. The monoisotopic (exact) mass is 307 g/mol. The molecule has 0 amide bonds. The number of rotatable bonds is 5. The Morgan fingerprint density at radius 1 is 1.25 bits per heavy atom. The lowest BCUT2D eigenvalue weighted by molar-refractivity contribution is 0.304. The van der Waals surface area contributed by atoms with Crippen LogP contribution in [0.1, 0.15) is 11.1 Å². The lowest BCUT2D eigenvalue weighted by Gasteiger charge is -2.11. The van der Waals surface area contributed by atoms with E-state index < -0.39 is 0 Å². The maximum absolute atomic E-state index is 5.93. The largest absolute Gasteiger partial charge is 0.497 e. The summed E-state index contributed by atoms with van der Waals surface area (Å²) in [6.45, 7) is 0.397. The molecule has 0 aromatic heterocycles. The highest BCUT2D eigenvalue weighted by molar-refractivity contribution is 7.80. The maximum Gasteiger partial charge on any atom is 0.130 e. The van der Waals surface area contributed by atoms with Crippen LogP contribution >= 0.6 is 23.8 Å². The Morgan fingerprint density at radius 3 is 2.75 bits per heavy atom. The molecule has 0 aliphatic carbocycles. The first kappa shape index (κ1) is 14.6. The van der Waals surface area contributed by atoms with Gasteiger partial charge in [-0.2, -0.15) is 0 Å². The molecule has 2 aromatic carbocycles. The highest BCUT2D eigenvalue weighted by atomic mass is 35.5. The van der Waals surface area contributed by atoms with Gasteiger partial charge in [0.2, 0.25) is 0 Å². The molecule has 0 atom stereocenters. The lowest BCUT2D eigenvalue weighted by atomic mass is 10.2. The fourth-order valence-electron chi connectivity index (χ4n) is 1.74. The summed E-state index contributed by atoms with van der Waals surface area (Å²) < 4.78 is 10.9. The molecule has 2 rings (SSSR count). The molecule has 0 unspecified atom stereocenters. The minimum atomic E-state index is 0.258. The van der Waals surface area contributed by atoms with Gasteiger partial charge >= 0.3 is 0 Å². The summed E-state index contributed by atoms with van der Waals surface area (Å²) in [7, 11) is 1.63. The minimum absolute atomic E-state index is 0.258. The number of methoxy groups -OCH3 is 1. The number of nitrogens with two attached hydrogens (primary N) is 1. The molecule has 104 valence electrons. The fraction of sp³-hybridized carbons (Fsp3) is 0.133. The molecule has 0 bridgehead atoms. The zero-order valence-corrected chi connectivity index (χ0v) is 12.5. The van der Waals surface area contributed by atoms with Gasteiger partial charge in [0.05, 0.1) is 12.7 Å². The van der Waals surface area contributed by atoms with E-state index in [9.17, 15) is 0 Å². The quantitative estimate of drug-likeness (QED) is 0.858. The van der Waals surface area contributed by atoms with Gasteiger partial charge in [-0.05, 0) is 35.9 Å². The van der Waals surface area contributed by atoms with Crippen molar-refractivity contribution in [1.82, 2.24) is 0 Å². The van der Waals surface area contributed by atoms with Gasteiger partial charge in [-0.3, -0.25) is 0 Å². The van der Waals surface area contributed by atoms with Crippen LogP contribution in [-0.2, 0) is 6.61 Å². The number of hydrogen-bond acceptors (Lipinski definition) is 3. The van der Waals surface area contributed by atoms with Gasteiger partial charge in [0.15, 0.2) is 0 Å². The van der Waals surface area contributed by atoms with E-state index in [-0.39, 0.29) is 4.99 Å². The van der Waals surface area contributed by atoms with Gasteiger partial charge in [0.1, 0.15) is 23.1 Å². The van der Waals surface area contributed by atoms with Gasteiger partial charge in [-0.15, -0.1) is 0 Å². The third-order valence-corrected chi connectivity index (χ3v) is 3.19. The molecule has 0 aliphatic rings. The van der Waals surface area contributed by atoms with Crippen molar-refractivity contribution in [3.63, 3.8) is 0 Å². The summed E-state index contributed by atoms with van der Waals surface area (Å²) in [6, 6.07) is 12.9. The van der Waals surface area contributed by atoms with Crippen molar-refractivity contribution < 1.29 is 9.47 Å². The van der Waals surface area contributed by atoms with Crippen LogP contribution in [0.5, 0.6) is 11.5 Å². The van der Waals surface area contributed by atoms with E-state index in [1.165, 1.54) is 0 Å². The molecule has 0 radical (unpaired) electrons. The summed E-state index contributed by atoms with van der Waals surface area (Å²) in [5.74, 6) is 1.40. The Balaban J connectivity index is 2.16. The minimum Gasteiger partial charge on any atom is -0.497 e.